The van der Waals surface area contributed by atoms with Gasteiger partial charge in [-0.15, -0.1) is 0 Å². The molecule has 0 fully saturated rings. The van der Waals surface area contributed by atoms with Crippen molar-refractivity contribution in [1.29, 1.82) is 0 Å². The van der Waals surface area contributed by atoms with Crippen LogP contribution >= 0.6 is 11.6 Å². The van der Waals surface area contributed by atoms with Gasteiger partial charge in [0.1, 0.15) is 11.3 Å². The molecule has 0 bridgehead atoms. The van der Waals surface area contributed by atoms with Gasteiger partial charge in [-0.3, -0.25) is 14.6 Å². The maximum Gasteiger partial charge on any atom is 0.262 e. The summed E-state index contributed by atoms with van der Waals surface area (Å²) < 4.78 is 5.64. The zero-order valence-corrected chi connectivity index (χ0v) is 17.9. The zero-order valence-electron chi connectivity index (χ0n) is 17.1. The predicted molar refractivity (Wildman–Crippen MR) is 120 cm³/mol. The summed E-state index contributed by atoms with van der Waals surface area (Å²) in [6.07, 6.45) is 2.50. The number of hydrogen-bond acceptors (Lipinski definition) is 5. The van der Waals surface area contributed by atoms with Gasteiger partial charge in [-0.05, 0) is 48.4 Å². The molecule has 2 aromatic carbocycles. The van der Waals surface area contributed by atoms with Crippen molar-refractivity contribution in [1.82, 2.24) is 10.3 Å². The van der Waals surface area contributed by atoms with E-state index in [1.807, 2.05) is 13.0 Å². The van der Waals surface area contributed by atoms with Crippen LogP contribution in [0.1, 0.15) is 18.9 Å². The summed E-state index contributed by atoms with van der Waals surface area (Å²) in [6, 6.07) is 13.8. The molecule has 1 heterocycles. The van der Waals surface area contributed by atoms with E-state index in [2.05, 4.69) is 15.6 Å². The van der Waals surface area contributed by atoms with Crippen molar-refractivity contribution >= 4 is 40.0 Å². The number of rotatable bonds is 9. The van der Waals surface area contributed by atoms with Crippen LogP contribution in [0.4, 0.5) is 5.69 Å². The molecule has 0 aliphatic rings. The lowest BCUT2D eigenvalue weighted by molar-refractivity contribution is -0.121. The summed E-state index contributed by atoms with van der Waals surface area (Å²) in [4.78, 5) is 28.6. The minimum absolute atomic E-state index is 0.0862. The fourth-order valence-electron chi connectivity index (χ4n) is 3.02. The standard InChI is InChI=1S/C23H24ClN3O4/c1-2-16(13-28)26-21(29)12-15-5-7-17(8-6-15)27-22(30)14-31-20-10-9-19(24)18-4-3-11-25-23(18)20/h3-11,16,28H,2,12-14H2,1H3,(H,26,29)(H,27,30). The third-order valence-corrected chi connectivity index (χ3v) is 5.05. The van der Waals surface area contributed by atoms with E-state index < -0.39 is 0 Å². The Bertz CT molecular complexity index is 1050. The highest BCUT2D eigenvalue weighted by molar-refractivity contribution is 6.35. The van der Waals surface area contributed by atoms with E-state index >= 15 is 0 Å². The average molecular weight is 442 g/mol. The van der Waals surface area contributed by atoms with Crippen LogP contribution in [-0.2, 0) is 16.0 Å². The van der Waals surface area contributed by atoms with Crippen molar-refractivity contribution in [3.8, 4) is 5.75 Å². The van der Waals surface area contributed by atoms with Gasteiger partial charge >= 0.3 is 0 Å². The number of aliphatic hydroxyl groups is 1. The van der Waals surface area contributed by atoms with Crippen LogP contribution in [-0.4, -0.2) is 41.2 Å². The zero-order chi connectivity index (χ0) is 22.2. The van der Waals surface area contributed by atoms with Crippen molar-refractivity contribution < 1.29 is 19.4 Å². The largest absolute Gasteiger partial charge is 0.481 e. The van der Waals surface area contributed by atoms with Crippen LogP contribution in [0.2, 0.25) is 5.02 Å². The summed E-state index contributed by atoms with van der Waals surface area (Å²) in [6.45, 7) is 1.63. The van der Waals surface area contributed by atoms with Gasteiger partial charge in [0.2, 0.25) is 5.91 Å². The molecular formula is C23H24ClN3O4. The van der Waals surface area contributed by atoms with Crippen molar-refractivity contribution in [3.05, 3.63) is 65.3 Å². The molecule has 2 amide bonds. The number of hydrogen-bond donors (Lipinski definition) is 3. The second-order valence-electron chi connectivity index (χ2n) is 7.01. The molecule has 3 aromatic rings. The molecule has 7 nitrogen and oxygen atoms in total. The van der Waals surface area contributed by atoms with Gasteiger partial charge in [0, 0.05) is 17.3 Å². The number of aliphatic hydroxyl groups excluding tert-OH is 1. The van der Waals surface area contributed by atoms with Crippen molar-refractivity contribution in [2.24, 2.45) is 0 Å². The number of ether oxygens (including phenoxy) is 1. The maximum atomic E-state index is 12.3. The first-order chi connectivity index (χ1) is 15.0. The molecule has 31 heavy (non-hydrogen) atoms. The number of carbonyl (C=O) groups excluding carboxylic acids is 2. The Kier molecular flexibility index (Phi) is 7.81. The normalized spacial score (nSPS) is 11.7. The number of carbonyl (C=O) groups is 2. The first-order valence-corrected chi connectivity index (χ1v) is 10.3. The monoisotopic (exact) mass is 441 g/mol. The number of halogens is 1. The summed E-state index contributed by atoms with van der Waals surface area (Å²) in [7, 11) is 0. The Balaban J connectivity index is 1.53. The second kappa shape index (κ2) is 10.7. The minimum atomic E-state index is -0.321. The molecule has 1 aromatic heterocycles. The van der Waals surface area contributed by atoms with Gasteiger partial charge in [0.25, 0.3) is 5.91 Å². The van der Waals surface area contributed by atoms with Crippen molar-refractivity contribution in [2.45, 2.75) is 25.8 Å². The van der Waals surface area contributed by atoms with Crippen LogP contribution in [0.15, 0.2) is 54.7 Å². The fourth-order valence-corrected chi connectivity index (χ4v) is 3.23. The summed E-state index contributed by atoms with van der Waals surface area (Å²) in [5, 5.41) is 16.0. The number of fused-ring (bicyclic) bond motifs is 1. The lowest BCUT2D eigenvalue weighted by Crippen LogP contribution is -2.37. The molecule has 3 N–H and O–H groups in total. The highest BCUT2D eigenvalue weighted by Crippen LogP contribution is 2.29. The SMILES string of the molecule is CCC(CO)NC(=O)Cc1ccc(NC(=O)COc2ccc(Cl)c3cccnc23)cc1. The number of aromatic nitrogens is 1. The maximum absolute atomic E-state index is 12.3. The van der Waals surface area contributed by atoms with Crippen molar-refractivity contribution in [2.75, 3.05) is 18.5 Å². The molecule has 162 valence electrons. The van der Waals surface area contributed by atoms with E-state index in [9.17, 15) is 9.59 Å². The Morgan fingerprint density at radius 1 is 1.13 bits per heavy atom. The number of anilines is 1. The molecule has 0 aliphatic heterocycles. The van der Waals surface area contributed by atoms with E-state index in [4.69, 9.17) is 21.4 Å². The highest BCUT2D eigenvalue weighted by Gasteiger charge is 2.11. The average Bonchev–Trinajstić information content (AvgIpc) is 2.78. The molecule has 3 rings (SSSR count). The topological polar surface area (TPSA) is 101 Å². The fraction of sp³-hybridized carbons (Fsp3) is 0.261. The molecule has 0 spiro atoms. The first-order valence-electron chi connectivity index (χ1n) is 9.95. The molecular weight excluding hydrogens is 418 g/mol. The third kappa shape index (κ3) is 6.16. The smallest absolute Gasteiger partial charge is 0.262 e. The molecule has 0 aliphatic carbocycles. The number of benzene rings is 2. The first kappa shape index (κ1) is 22.5. The van der Waals surface area contributed by atoms with Gasteiger partial charge in [-0.2, -0.15) is 0 Å². The summed E-state index contributed by atoms with van der Waals surface area (Å²) in [5.74, 6) is -0.00193. The number of nitrogens with one attached hydrogen (secondary N) is 2. The molecule has 0 radical (unpaired) electrons. The van der Waals surface area contributed by atoms with E-state index in [1.165, 1.54) is 0 Å². The van der Waals surface area contributed by atoms with E-state index in [-0.39, 0.29) is 37.5 Å². The number of pyridine rings is 1. The van der Waals surface area contributed by atoms with Crippen molar-refractivity contribution in [3.63, 3.8) is 0 Å². The predicted octanol–water partition coefficient (Wildman–Crippen LogP) is 3.34. The van der Waals surface area contributed by atoms with Gasteiger partial charge < -0.3 is 20.5 Å². The molecule has 8 heteroatoms. The van der Waals surface area contributed by atoms with Gasteiger partial charge in [-0.25, -0.2) is 0 Å². The lowest BCUT2D eigenvalue weighted by Gasteiger charge is -2.14. The Morgan fingerprint density at radius 2 is 1.90 bits per heavy atom. The van der Waals surface area contributed by atoms with Gasteiger partial charge in [-0.1, -0.05) is 30.7 Å². The quantitative estimate of drug-likeness (QED) is 0.473. The summed E-state index contributed by atoms with van der Waals surface area (Å²) in [5.41, 5.74) is 1.99. The highest BCUT2D eigenvalue weighted by atomic mass is 35.5. The van der Waals surface area contributed by atoms with Crippen LogP contribution in [0.25, 0.3) is 10.9 Å². The van der Waals surface area contributed by atoms with E-state index in [1.54, 1.807) is 48.7 Å². The molecule has 1 atom stereocenters. The molecule has 0 saturated carbocycles. The Morgan fingerprint density at radius 3 is 2.61 bits per heavy atom. The van der Waals surface area contributed by atoms with Crippen LogP contribution in [0, 0.1) is 0 Å². The summed E-state index contributed by atoms with van der Waals surface area (Å²) >= 11 is 6.17. The third-order valence-electron chi connectivity index (χ3n) is 4.72. The van der Waals surface area contributed by atoms with Gasteiger partial charge in [0.15, 0.2) is 6.61 Å². The van der Waals surface area contributed by atoms with Gasteiger partial charge in [0.05, 0.1) is 24.1 Å². The second-order valence-corrected chi connectivity index (χ2v) is 7.42. The molecule has 0 saturated heterocycles. The van der Waals surface area contributed by atoms with E-state index in [0.29, 0.717) is 28.4 Å². The Labute approximate surface area is 185 Å². The van der Waals surface area contributed by atoms with Crippen LogP contribution in [0.3, 0.4) is 0 Å². The number of amides is 2. The van der Waals surface area contributed by atoms with Crippen LogP contribution < -0.4 is 15.4 Å². The van der Waals surface area contributed by atoms with E-state index in [0.717, 1.165) is 10.9 Å². The number of nitrogens with zero attached hydrogens (tertiary/aromatic N) is 1. The molecule has 1 unspecified atom stereocenters. The Hall–Kier alpha value is -3.16. The minimum Gasteiger partial charge on any atom is -0.481 e. The lowest BCUT2D eigenvalue weighted by atomic mass is 10.1. The van der Waals surface area contributed by atoms with Crippen LogP contribution in [0.5, 0.6) is 5.75 Å².